The van der Waals surface area contributed by atoms with E-state index in [1.807, 2.05) is 6.92 Å². The summed E-state index contributed by atoms with van der Waals surface area (Å²) in [6, 6.07) is 0. The minimum Gasteiger partial charge on any atom is -0.319 e. The SMILES string of the molecule is CC1CCCC(N)(C(=O)C(C)C(C)C)C1. The number of hydrogen-bond acceptors (Lipinski definition) is 2. The van der Waals surface area contributed by atoms with Crippen LogP contribution in [0.2, 0.25) is 0 Å². The molecule has 1 aliphatic carbocycles. The second-order valence-corrected chi connectivity index (χ2v) is 5.75. The molecule has 88 valence electrons. The van der Waals surface area contributed by atoms with Gasteiger partial charge in [0, 0.05) is 5.92 Å². The van der Waals surface area contributed by atoms with E-state index >= 15 is 0 Å². The van der Waals surface area contributed by atoms with Gasteiger partial charge in [-0.25, -0.2) is 0 Å². The average Bonchev–Trinajstić information content (AvgIpc) is 2.15. The molecule has 3 atom stereocenters. The van der Waals surface area contributed by atoms with Gasteiger partial charge in [-0.1, -0.05) is 40.5 Å². The molecule has 0 amide bonds. The summed E-state index contributed by atoms with van der Waals surface area (Å²) in [6.07, 6.45) is 4.09. The first-order chi connectivity index (χ1) is 6.87. The number of nitrogens with two attached hydrogens (primary N) is 1. The molecule has 0 aromatic carbocycles. The van der Waals surface area contributed by atoms with Gasteiger partial charge in [-0.2, -0.15) is 0 Å². The van der Waals surface area contributed by atoms with Crippen LogP contribution in [-0.2, 0) is 4.79 Å². The number of ketones is 1. The molecule has 3 unspecified atom stereocenters. The minimum atomic E-state index is -0.526. The van der Waals surface area contributed by atoms with E-state index < -0.39 is 5.54 Å². The summed E-state index contributed by atoms with van der Waals surface area (Å²) < 4.78 is 0. The van der Waals surface area contributed by atoms with E-state index in [4.69, 9.17) is 5.73 Å². The van der Waals surface area contributed by atoms with E-state index in [0.29, 0.717) is 11.8 Å². The molecular weight excluding hydrogens is 186 g/mol. The standard InChI is InChI=1S/C13H25NO/c1-9(2)11(4)12(15)13(14)7-5-6-10(3)8-13/h9-11H,5-8,14H2,1-4H3. The predicted octanol–water partition coefficient (Wildman–Crippen LogP) is 2.76. The first-order valence-electron chi connectivity index (χ1n) is 6.20. The van der Waals surface area contributed by atoms with Gasteiger partial charge in [0.05, 0.1) is 5.54 Å². The molecule has 2 N–H and O–H groups in total. The normalized spacial score (nSPS) is 34.1. The lowest BCUT2D eigenvalue weighted by Crippen LogP contribution is -2.53. The van der Waals surface area contributed by atoms with Crippen LogP contribution in [0.15, 0.2) is 0 Å². The van der Waals surface area contributed by atoms with Gasteiger partial charge in [0.15, 0.2) is 5.78 Å². The van der Waals surface area contributed by atoms with E-state index in [0.717, 1.165) is 19.3 Å². The van der Waals surface area contributed by atoms with Crippen molar-refractivity contribution in [1.82, 2.24) is 0 Å². The molecule has 0 saturated heterocycles. The number of hydrogen-bond donors (Lipinski definition) is 1. The maximum atomic E-state index is 12.3. The van der Waals surface area contributed by atoms with E-state index in [-0.39, 0.29) is 11.7 Å². The largest absolute Gasteiger partial charge is 0.319 e. The first-order valence-corrected chi connectivity index (χ1v) is 6.20. The number of rotatable bonds is 3. The Labute approximate surface area is 93.6 Å². The van der Waals surface area contributed by atoms with Crippen LogP contribution in [0.1, 0.15) is 53.4 Å². The second kappa shape index (κ2) is 4.65. The number of carbonyl (C=O) groups is 1. The van der Waals surface area contributed by atoms with Crippen LogP contribution in [0.5, 0.6) is 0 Å². The van der Waals surface area contributed by atoms with Gasteiger partial charge in [-0.3, -0.25) is 4.79 Å². The third kappa shape index (κ3) is 2.81. The van der Waals surface area contributed by atoms with Crippen molar-refractivity contribution in [2.75, 3.05) is 0 Å². The lowest BCUT2D eigenvalue weighted by molar-refractivity contribution is -0.130. The Bertz CT molecular complexity index is 237. The molecule has 1 fully saturated rings. The molecule has 1 aliphatic rings. The smallest absolute Gasteiger partial charge is 0.155 e. The zero-order chi connectivity index (χ0) is 11.6. The zero-order valence-electron chi connectivity index (χ0n) is 10.5. The van der Waals surface area contributed by atoms with Gasteiger partial charge in [0.2, 0.25) is 0 Å². The third-order valence-corrected chi connectivity index (χ3v) is 3.94. The highest BCUT2D eigenvalue weighted by Gasteiger charge is 2.40. The molecule has 1 saturated carbocycles. The second-order valence-electron chi connectivity index (χ2n) is 5.75. The lowest BCUT2D eigenvalue weighted by Gasteiger charge is -2.37. The van der Waals surface area contributed by atoms with E-state index in [1.165, 1.54) is 6.42 Å². The van der Waals surface area contributed by atoms with E-state index in [1.54, 1.807) is 0 Å². The first kappa shape index (κ1) is 12.7. The minimum absolute atomic E-state index is 0.0975. The Kier molecular flexibility index (Phi) is 3.93. The predicted molar refractivity (Wildman–Crippen MR) is 63.6 cm³/mol. The summed E-state index contributed by atoms with van der Waals surface area (Å²) in [6.45, 7) is 8.41. The molecule has 0 heterocycles. The maximum absolute atomic E-state index is 12.3. The van der Waals surface area contributed by atoms with Crippen LogP contribution in [-0.4, -0.2) is 11.3 Å². The van der Waals surface area contributed by atoms with E-state index in [9.17, 15) is 4.79 Å². The fourth-order valence-electron chi connectivity index (χ4n) is 2.57. The monoisotopic (exact) mass is 211 g/mol. The summed E-state index contributed by atoms with van der Waals surface area (Å²) in [4.78, 5) is 12.3. The Balaban J connectivity index is 2.72. The number of carbonyl (C=O) groups excluding carboxylic acids is 1. The topological polar surface area (TPSA) is 43.1 Å². The quantitative estimate of drug-likeness (QED) is 0.780. The summed E-state index contributed by atoms with van der Waals surface area (Å²) >= 11 is 0. The highest BCUT2D eigenvalue weighted by molar-refractivity contribution is 5.90. The summed E-state index contributed by atoms with van der Waals surface area (Å²) in [7, 11) is 0. The Morgan fingerprint density at radius 1 is 1.40 bits per heavy atom. The number of Topliss-reactive ketones (excluding diaryl/α,β-unsaturated/α-hetero) is 1. The molecule has 2 heteroatoms. The lowest BCUT2D eigenvalue weighted by atomic mass is 9.70. The molecule has 0 bridgehead atoms. The fraction of sp³-hybridized carbons (Fsp3) is 0.923. The highest BCUT2D eigenvalue weighted by Crippen LogP contribution is 2.33. The van der Waals surface area contributed by atoms with Crippen molar-refractivity contribution >= 4 is 5.78 Å². The molecule has 0 aromatic rings. The fourth-order valence-corrected chi connectivity index (χ4v) is 2.57. The maximum Gasteiger partial charge on any atom is 0.155 e. The highest BCUT2D eigenvalue weighted by atomic mass is 16.1. The van der Waals surface area contributed by atoms with Gasteiger partial charge in [-0.05, 0) is 24.7 Å². The summed E-state index contributed by atoms with van der Waals surface area (Å²) in [5, 5.41) is 0. The van der Waals surface area contributed by atoms with Crippen molar-refractivity contribution in [2.24, 2.45) is 23.5 Å². The Morgan fingerprint density at radius 3 is 2.47 bits per heavy atom. The van der Waals surface area contributed by atoms with E-state index in [2.05, 4.69) is 20.8 Å². The molecule has 0 aromatic heterocycles. The van der Waals surface area contributed by atoms with Crippen LogP contribution in [0.3, 0.4) is 0 Å². The molecule has 15 heavy (non-hydrogen) atoms. The third-order valence-electron chi connectivity index (χ3n) is 3.94. The van der Waals surface area contributed by atoms with Crippen molar-refractivity contribution in [1.29, 1.82) is 0 Å². The molecule has 0 aliphatic heterocycles. The molecule has 1 rings (SSSR count). The van der Waals surface area contributed by atoms with Crippen molar-refractivity contribution < 1.29 is 4.79 Å². The summed E-state index contributed by atoms with van der Waals surface area (Å²) in [5.41, 5.74) is 5.76. The van der Waals surface area contributed by atoms with Crippen LogP contribution >= 0.6 is 0 Å². The van der Waals surface area contributed by atoms with Crippen LogP contribution in [0.4, 0.5) is 0 Å². The van der Waals surface area contributed by atoms with Gasteiger partial charge in [0.25, 0.3) is 0 Å². The molecular formula is C13H25NO. The van der Waals surface area contributed by atoms with Gasteiger partial charge < -0.3 is 5.73 Å². The van der Waals surface area contributed by atoms with Crippen molar-refractivity contribution in [3.63, 3.8) is 0 Å². The van der Waals surface area contributed by atoms with Crippen molar-refractivity contribution in [3.8, 4) is 0 Å². The van der Waals surface area contributed by atoms with Gasteiger partial charge in [-0.15, -0.1) is 0 Å². The summed E-state index contributed by atoms with van der Waals surface area (Å²) in [5.74, 6) is 1.38. The zero-order valence-corrected chi connectivity index (χ0v) is 10.5. The van der Waals surface area contributed by atoms with Crippen LogP contribution < -0.4 is 5.73 Å². The van der Waals surface area contributed by atoms with Gasteiger partial charge in [0.1, 0.15) is 0 Å². The Hall–Kier alpha value is -0.370. The van der Waals surface area contributed by atoms with Gasteiger partial charge >= 0.3 is 0 Å². The Morgan fingerprint density at radius 2 is 2.00 bits per heavy atom. The average molecular weight is 211 g/mol. The van der Waals surface area contributed by atoms with Crippen molar-refractivity contribution in [3.05, 3.63) is 0 Å². The molecule has 2 nitrogen and oxygen atoms in total. The van der Waals surface area contributed by atoms with Crippen LogP contribution in [0.25, 0.3) is 0 Å². The molecule has 0 radical (unpaired) electrons. The van der Waals surface area contributed by atoms with Crippen molar-refractivity contribution in [2.45, 2.75) is 58.9 Å². The molecule has 0 spiro atoms. The van der Waals surface area contributed by atoms with Crippen LogP contribution in [0, 0.1) is 17.8 Å².